The van der Waals surface area contributed by atoms with Gasteiger partial charge in [0, 0.05) is 11.5 Å². The number of hydrogen-bond donors (Lipinski definition) is 2. The number of fused-ring (bicyclic) bond motifs is 1. The first-order valence-electron chi connectivity index (χ1n) is 6.96. The Morgan fingerprint density at radius 1 is 1.00 bits per heavy atom. The number of hydrazine groups is 1. The lowest BCUT2D eigenvalue weighted by Crippen LogP contribution is -2.42. The summed E-state index contributed by atoms with van der Waals surface area (Å²) in [5.41, 5.74) is 8.22. The minimum atomic E-state index is -0.234. The molecule has 0 saturated heterocycles. The van der Waals surface area contributed by atoms with Crippen molar-refractivity contribution in [2.75, 3.05) is 0 Å². The van der Waals surface area contributed by atoms with Crippen molar-refractivity contribution >= 4 is 11.8 Å². The lowest BCUT2D eigenvalue weighted by atomic mass is 9.90. The average molecular weight is 258 g/mol. The Kier molecular flexibility index (Phi) is 3.23. The zero-order valence-electron chi connectivity index (χ0n) is 10.9. The van der Waals surface area contributed by atoms with Gasteiger partial charge in [-0.25, -0.2) is 0 Å². The maximum Gasteiger partial charge on any atom is 0.269 e. The quantitative estimate of drug-likeness (QED) is 0.794. The van der Waals surface area contributed by atoms with Gasteiger partial charge >= 0.3 is 0 Å². The van der Waals surface area contributed by atoms with Crippen LogP contribution in [0.1, 0.15) is 47.2 Å². The molecule has 0 aliphatic heterocycles. The predicted molar refractivity (Wildman–Crippen MR) is 71.4 cm³/mol. The van der Waals surface area contributed by atoms with Gasteiger partial charge in [-0.3, -0.25) is 20.4 Å². The number of rotatable bonds is 2. The topological polar surface area (TPSA) is 58.2 Å². The molecule has 0 unspecified atom stereocenters. The van der Waals surface area contributed by atoms with Crippen molar-refractivity contribution in [1.29, 1.82) is 0 Å². The van der Waals surface area contributed by atoms with E-state index in [1.807, 2.05) is 18.2 Å². The average Bonchev–Trinajstić information content (AvgIpc) is 3.28. The zero-order chi connectivity index (χ0) is 13.2. The highest BCUT2D eigenvalue weighted by Crippen LogP contribution is 2.28. The van der Waals surface area contributed by atoms with Crippen LogP contribution in [0.5, 0.6) is 0 Å². The Hall–Kier alpha value is -1.84. The van der Waals surface area contributed by atoms with Crippen LogP contribution >= 0.6 is 0 Å². The van der Waals surface area contributed by atoms with Crippen LogP contribution in [0, 0.1) is 5.92 Å². The summed E-state index contributed by atoms with van der Waals surface area (Å²) in [6.45, 7) is 0. The molecular weight excluding hydrogens is 240 g/mol. The molecule has 0 spiro atoms. The fraction of sp³-hybridized carbons (Fsp3) is 0.467. The summed E-state index contributed by atoms with van der Waals surface area (Å²) in [6, 6.07) is 5.82. The predicted octanol–water partition coefficient (Wildman–Crippen LogP) is 1.74. The molecule has 100 valence electrons. The van der Waals surface area contributed by atoms with Crippen LogP contribution in [-0.2, 0) is 17.6 Å². The number of carbonyl (C=O) groups excluding carboxylic acids is 2. The smallest absolute Gasteiger partial charge is 0.269 e. The first kappa shape index (κ1) is 12.2. The minimum absolute atomic E-state index is 0.0775. The highest BCUT2D eigenvalue weighted by molar-refractivity contribution is 5.96. The van der Waals surface area contributed by atoms with E-state index in [1.54, 1.807) is 0 Å². The molecule has 0 radical (unpaired) electrons. The molecule has 4 nitrogen and oxygen atoms in total. The van der Waals surface area contributed by atoms with E-state index in [-0.39, 0.29) is 17.7 Å². The third-order valence-electron chi connectivity index (χ3n) is 3.86. The molecule has 2 aliphatic carbocycles. The molecule has 1 fully saturated rings. The second-order valence-corrected chi connectivity index (χ2v) is 5.41. The standard InChI is InChI=1S/C15H18N2O2/c18-14(11-6-7-11)16-17-15(19)13-8-5-10-3-1-2-4-12(10)9-13/h5,8-9,11H,1-4,6-7H2,(H,16,18)(H,17,19). The van der Waals surface area contributed by atoms with Gasteiger partial charge in [0.05, 0.1) is 0 Å². The highest BCUT2D eigenvalue weighted by atomic mass is 16.2. The number of hydrogen-bond acceptors (Lipinski definition) is 2. The molecular formula is C15H18N2O2. The van der Waals surface area contributed by atoms with Crippen LogP contribution in [0.3, 0.4) is 0 Å². The Bertz CT molecular complexity index is 521. The van der Waals surface area contributed by atoms with Gasteiger partial charge in [0.15, 0.2) is 0 Å². The van der Waals surface area contributed by atoms with Gasteiger partial charge in [-0.05, 0) is 61.8 Å². The van der Waals surface area contributed by atoms with E-state index in [2.05, 4.69) is 10.9 Å². The maximum atomic E-state index is 12.0. The van der Waals surface area contributed by atoms with Gasteiger partial charge in [-0.2, -0.15) is 0 Å². The second kappa shape index (κ2) is 5.03. The van der Waals surface area contributed by atoms with Crippen molar-refractivity contribution in [2.45, 2.75) is 38.5 Å². The number of aryl methyl sites for hydroxylation is 2. The molecule has 2 aliphatic rings. The van der Waals surface area contributed by atoms with Crippen LogP contribution in [0.15, 0.2) is 18.2 Å². The van der Waals surface area contributed by atoms with E-state index < -0.39 is 0 Å². The summed E-state index contributed by atoms with van der Waals surface area (Å²) >= 11 is 0. The lowest BCUT2D eigenvalue weighted by Gasteiger charge is -2.16. The minimum Gasteiger partial charge on any atom is -0.273 e. The normalized spacial score (nSPS) is 17.5. The Morgan fingerprint density at radius 2 is 1.74 bits per heavy atom. The number of nitrogens with one attached hydrogen (secondary N) is 2. The van der Waals surface area contributed by atoms with Gasteiger partial charge in [0.25, 0.3) is 5.91 Å². The first-order valence-corrected chi connectivity index (χ1v) is 6.96. The molecule has 1 saturated carbocycles. The number of amides is 2. The molecule has 19 heavy (non-hydrogen) atoms. The Balaban J connectivity index is 1.64. The molecule has 2 amide bonds. The van der Waals surface area contributed by atoms with Gasteiger partial charge in [0.1, 0.15) is 0 Å². The molecule has 4 heteroatoms. The lowest BCUT2D eigenvalue weighted by molar-refractivity contribution is -0.123. The first-order chi connectivity index (χ1) is 9.24. The molecule has 0 bridgehead atoms. The number of carbonyl (C=O) groups is 2. The van der Waals surface area contributed by atoms with E-state index >= 15 is 0 Å². The molecule has 0 heterocycles. The summed E-state index contributed by atoms with van der Waals surface area (Å²) in [5, 5.41) is 0. The van der Waals surface area contributed by atoms with Crippen molar-refractivity contribution in [3.63, 3.8) is 0 Å². The zero-order valence-corrected chi connectivity index (χ0v) is 10.9. The molecule has 2 N–H and O–H groups in total. The Morgan fingerprint density at radius 3 is 2.47 bits per heavy atom. The molecule has 3 rings (SSSR count). The van der Waals surface area contributed by atoms with Crippen LogP contribution in [-0.4, -0.2) is 11.8 Å². The van der Waals surface area contributed by atoms with Gasteiger partial charge in [0.2, 0.25) is 5.91 Å². The fourth-order valence-corrected chi connectivity index (χ4v) is 2.51. The van der Waals surface area contributed by atoms with Crippen LogP contribution in [0.25, 0.3) is 0 Å². The van der Waals surface area contributed by atoms with Gasteiger partial charge < -0.3 is 0 Å². The second-order valence-electron chi connectivity index (χ2n) is 5.41. The van der Waals surface area contributed by atoms with Crippen molar-refractivity contribution in [3.8, 4) is 0 Å². The molecule has 1 aromatic carbocycles. The van der Waals surface area contributed by atoms with Crippen molar-refractivity contribution in [1.82, 2.24) is 10.9 Å². The van der Waals surface area contributed by atoms with E-state index in [4.69, 9.17) is 0 Å². The number of benzene rings is 1. The summed E-state index contributed by atoms with van der Waals surface area (Å²) in [4.78, 5) is 23.4. The highest BCUT2D eigenvalue weighted by Gasteiger charge is 2.29. The largest absolute Gasteiger partial charge is 0.273 e. The van der Waals surface area contributed by atoms with Crippen LogP contribution in [0.2, 0.25) is 0 Å². The maximum absolute atomic E-state index is 12.0. The van der Waals surface area contributed by atoms with E-state index in [9.17, 15) is 9.59 Å². The van der Waals surface area contributed by atoms with Crippen LogP contribution < -0.4 is 10.9 Å². The molecule has 0 atom stereocenters. The molecule has 0 aromatic heterocycles. The summed E-state index contributed by atoms with van der Waals surface area (Å²) in [7, 11) is 0. The fourth-order valence-electron chi connectivity index (χ4n) is 2.51. The van der Waals surface area contributed by atoms with Gasteiger partial charge in [-0.1, -0.05) is 6.07 Å². The van der Waals surface area contributed by atoms with E-state index in [1.165, 1.54) is 24.0 Å². The van der Waals surface area contributed by atoms with Crippen molar-refractivity contribution in [2.24, 2.45) is 5.92 Å². The van der Waals surface area contributed by atoms with Crippen molar-refractivity contribution in [3.05, 3.63) is 34.9 Å². The Labute approximate surface area is 112 Å². The monoisotopic (exact) mass is 258 g/mol. The third kappa shape index (κ3) is 2.78. The van der Waals surface area contributed by atoms with E-state index in [0.717, 1.165) is 25.7 Å². The third-order valence-corrected chi connectivity index (χ3v) is 3.86. The SMILES string of the molecule is O=C(NNC(=O)C1CC1)c1ccc2c(c1)CCCC2. The van der Waals surface area contributed by atoms with E-state index in [0.29, 0.717) is 5.56 Å². The van der Waals surface area contributed by atoms with Crippen LogP contribution in [0.4, 0.5) is 0 Å². The summed E-state index contributed by atoms with van der Waals surface area (Å²) < 4.78 is 0. The van der Waals surface area contributed by atoms with Crippen molar-refractivity contribution < 1.29 is 9.59 Å². The summed E-state index contributed by atoms with van der Waals surface area (Å²) in [5.74, 6) is -0.211. The van der Waals surface area contributed by atoms with Gasteiger partial charge in [-0.15, -0.1) is 0 Å². The molecule has 1 aromatic rings. The summed E-state index contributed by atoms with van der Waals surface area (Å²) in [6.07, 6.45) is 6.44.